The number of nitro benzene ring substituents is 1. The van der Waals surface area contributed by atoms with Crippen LogP contribution in [0.4, 0.5) is 5.69 Å². The zero-order valence-corrected chi connectivity index (χ0v) is 14.3. The van der Waals surface area contributed by atoms with Crippen LogP contribution >= 0.6 is 27.7 Å². The van der Waals surface area contributed by atoms with Gasteiger partial charge in [0.2, 0.25) is 11.0 Å². The Balaban J connectivity index is 1.73. The lowest BCUT2D eigenvalue weighted by atomic mass is 10.2. The van der Waals surface area contributed by atoms with E-state index in [0.717, 1.165) is 21.8 Å². The topological polar surface area (TPSA) is 99.1 Å². The summed E-state index contributed by atoms with van der Waals surface area (Å²) in [6.07, 6.45) is 0. The van der Waals surface area contributed by atoms with Gasteiger partial charge in [0.05, 0.1) is 4.92 Å². The number of rotatable bonds is 4. The molecule has 24 heavy (non-hydrogen) atoms. The number of carbonyl (C=O) groups is 1. The van der Waals surface area contributed by atoms with Crippen molar-refractivity contribution in [3.63, 3.8) is 0 Å². The predicted octanol–water partition coefficient (Wildman–Crippen LogP) is 4.34. The smallest absolute Gasteiger partial charge is 0.284 e. The van der Waals surface area contributed by atoms with E-state index in [1.54, 1.807) is 0 Å². The highest BCUT2D eigenvalue weighted by Gasteiger charge is 2.16. The minimum Gasteiger partial charge on any atom is -0.411 e. The van der Waals surface area contributed by atoms with Crippen molar-refractivity contribution < 1.29 is 14.1 Å². The number of hydrogen-bond acceptors (Lipinski definition) is 7. The van der Waals surface area contributed by atoms with Crippen molar-refractivity contribution in [1.29, 1.82) is 0 Å². The van der Waals surface area contributed by atoms with E-state index in [2.05, 4.69) is 26.1 Å². The molecule has 1 aromatic heterocycles. The SMILES string of the molecule is O=C(Sc1nnc(-c2ccc(Br)cc2)o1)c1ccc([N+](=O)[O-])cc1. The van der Waals surface area contributed by atoms with E-state index in [1.807, 2.05) is 24.3 Å². The first-order chi connectivity index (χ1) is 11.5. The maximum Gasteiger partial charge on any atom is 0.284 e. The molecule has 0 saturated carbocycles. The first-order valence-corrected chi connectivity index (χ1v) is 8.20. The third-order valence-electron chi connectivity index (χ3n) is 2.99. The molecule has 3 aromatic rings. The van der Waals surface area contributed by atoms with Crippen LogP contribution in [-0.4, -0.2) is 20.2 Å². The lowest BCUT2D eigenvalue weighted by Gasteiger charge is -1.97. The fraction of sp³-hybridized carbons (Fsp3) is 0. The Hall–Kier alpha value is -2.52. The van der Waals surface area contributed by atoms with Crippen molar-refractivity contribution in [3.05, 3.63) is 68.7 Å². The zero-order valence-electron chi connectivity index (χ0n) is 11.9. The monoisotopic (exact) mass is 405 g/mol. The van der Waals surface area contributed by atoms with Gasteiger partial charge in [-0.05, 0) is 36.4 Å². The fourth-order valence-corrected chi connectivity index (χ4v) is 2.70. The molecule has 0 N–H and O–H groups in total. The molecule has 7 nitrogen and oxygen atoms in total. The van der Waals surface area contributed by atoms with Crippen LogP contribution < -0.4 is 0 Å². The van der Waals surface area contributed by atoms with Crippen LogP contribution in [0.3, 0.4) is 0 Å². The molecule has 9 heteroatoms. The molecule has 0 amide bonds. The Labute approximate surface area is 148 Å². The summed E-state index contributed by atoms with van der Waals surface area (Å²) >= 11 is 4.11. The highest BCUT2D eigenvalue weighted by molar-refractivity contribution is 9.10. The van der Waals surface area contributed by atoms with Gasteiger partial charge in [0.15, 0.2) is 0 Å². The molecule has 1 heterocycles. The first-order valence-electron chi connectivity index (χ1n) is 6.59. The highest BCUT2D eigenvalue weighted by Crippen LogP contribution is 2.27. The summed E-state index contributed by atoms with van der Waals surface area (Å²) in [5, 5.41) is 18.1. The second-order valence-corrected chi connectivity index (χ2v) is 6.41. The van der Waals surface area contributed by atoms with Gasteiger partial charge >= 0.3 is 0 Å². The van der Waals surface area contributed by atoms with Gasteiger partial charge in [-0.1, -0.05) is 15.9 Å². The minimum absolute atomic E-state index is 0.0770. The number of nitrogens with zero attached hydrogens (tertiary/aromatic N) is 3. The van der Waals surface area contributed by atoms with Crippen LogP contribution in [0.1, 0.15) is 10.4 Å². The standard InChI is InChI=1S/C15H8BrN3O4S/c16-11-5-1-9(2-6-11)13-17-18-15(23-13)24-14(20)10-3-7-12(8-4-10)19(21)22/h1-8H. The Bertz CT molecular complexity index is 894. The van der Waals surface area contributed by atoms with Crippen molar-refractivity contribution >= 4 is 38.5 Å². The average Bonchev–Trinajstić information content (AvgIpc) is 3.04. The molecule has 0 saturated heterocycles. The van der Waals surface area contributed by atoms with Crippen molar-refractivity contribution in [2.45, 2.75) is 5.22 Å². The molecule has 0 spiro atoms. The molecule has 2 aromatic carbocycles. The maximum absolute atomic E-state index is 12.1. The molecule has 0 fully saturated rings. The van der Waals surface area contributed by atoms with E-state index in [4.69, 9.17) is 4.42 Å². The molecule has 0 bridgehead atoms. The lowest BCUT2D eigenvalue weighted by molar-refractivity contribution is -0.384. The third-order valence-corrected chi connectivity index (χ3v) is 4.28. The zero-order chi connectivity index (χ0) is 17.1. The second kappa shape index (κ2) is 6.93. The van der Waals surface area contributed by atoms with Crippen LogP contribution in [0.2, 0.25) is 0 Å². The van der Waals surface area contributed by atoms with Crippen molar-refractivity contribution in [3.8, 4) is 11.5 Å². The van der Waals surface area contributed by atoms with Gasteiger partial charge in [0.25, 0.3) is 10.9 Å². The van der Waals surface area contributed by atoms with E-state index >= 15 is 0 Å². The molecule has 3 rings (SSSR count). The van der Waals surface area contributed by atoms with Crippen LogP contribution in [0.25, 0.3) is 11.5 Å². The molecule has 0 atom stereocenters. The maximum atomic E-state index is 12.1. The highest BCUT2D eigenvalue weighted by atomic mass is 79.9. The van der Waals surface area contributed by atoms with Gasteiger partial charge in [0.1, 0.15) is 0 Å². The largest absolute Gasteiger partial charge is 0.411 e. The van der Waals surface area contributed by atoms with Crippen LogP contribution in [0.5, 0.6) is 0 Å². The molecule has 0 aliphatic heterocycles. The van der Waals surface area contributed by atoms with Crippen molar-refractivity contribution in [2.75, 3.05) is 0 Å². The second-order valence-electron chi connectivity index (χ2n) is 4.57. The number of benzene rings is 2. The fourth-order valence-electron chi connectivity index (χ4n) is 1.82. The Morgan fingerprint density at radius 3 is 2.38 bits per heavy atom. The van der Waals surface area contributed by atoms with E-state index in [0.29, 0.717) is 11.5 Å². The van der Waals surface area contributed by atoms with Gasteiger partial charge in [-0.2, -0.15) is 0 Å². The number of nitro groups is 1. The van der Waals surface area contributed by atoms with Gasteiger partial charge < -0.3 is 4.42 Å². The molecule has 120 valence electrons. The summed E-state index contributed by atoms with van der Waals surface area (Å²) in [6.45, 7) is 0. The number of carbonyl (C=O) groups excluding carboxylic acids is 1. The number of thioether (sulfide) groups is 1. The average molecular weight is 406 g/mol. The quantitative estimate of drug-likeness (QED) is 0.361. The number of aromatic nitrogens is 2. The van der Waals surface area contributed by atoms with Crippen molar-refractivity contribution in [1.82, 2.24) is 10.2 Å². The summed E-state index contributed by atoms with van der Waals surface area (Å²) in [5.41, 5.74) is 0.973. The van der Waals surface area contributed by atoms with Gasteiger partial charge in [-0.15, -0.1) is 10.2 Å². The number of halogens is 1. The summed E-state index contributed by atoms with van der Waals surface area (Å²) in [7, 11) is 0. The Kier molecular flexibility index (Phi) is 4.72. The minimum atomic E-state index is -0.524. The summed E-state index contributed by atoms with van der Waals surface area (Å²) in [6, 6.07) is 12.6. The number of hydrogen-bond donors (Lipinski definition) is 0. The van der Waals surface area contributed by atoms with E-state index in [1.165, 1.54) is 24.3 Å². The first kappa shape index (κ1) is 16.3. The number of non-ortho nitro benzene ring substituents is 1. The van der Waals surface area contributed by atoms with Crippen molar-refractivity contribution in [2.24, 2.45) is 0 Å². The van der Waals surface area contributed by atoms with Crippen LogP contribution in [-0.2, 0) is 0 Å². The van der Waals surface area contributed by atoms with E-state index in [-0.39, 0.29) is 16.0 Å². The lowest BCUT2D eigenvalue weighted by Crippen LogP contribution is -1.94. The molecular formula is C15H8BrN3O4S. The third kappa shape index (κ3) is 3.69. The van der Waals surface area contributed by atoms with Crippen LogP contribution in [0.15, 0.2) is 62.6 Å². The van der Waals surface area contributed by atoms with Gasteiger partial charge in [0, 0.05) is 39.5 Å². The Morgan fingerprint density at radius 2 is 1.75 bits per heavy atom. The summed E-state index contributed by atoms with van der Waals surface area (Å²) in [5.74, 6) is 0.307. The van der Waals surface area contributed by atoms with Crippen LogP contribution in [0, 0.1) is 10.1 Å². The molecule has 0 aliphatic rings. The van der Waals surface area contributed by atoms with E-state index < -0.39 is 4.92 Å². The molecule has 0 unspecified atom stereocenters. The molecule has 0 radical (unpaired) electrons. The normalized spacial score (nSPS) is 10.5. The molecular weight excluding hydrogens is 398 g/mol. The van der Waals surface area contributed by atoms with E-state index in [9.17, 15) is 14.9 Å². The molecule has 0 aliphatic carbocycles. The summed E-state index contributed by atoms with van der Waals surface area (Å²) < 4.78 is 6.38. The van der Waals surface area contributed by atoms with Gasteiger partial charge in [-0.3, -0.25) is 14.9 Å². The van der Waals surface area contributed by atoms with Gasteiger partial charge in [-0.25, -0.2) is 0 Å². The summed E-state index contributed by atoms with van der Waals surface area (Å²) in [4.78, 5) is 22.2. The predicted molar refractivity (Wildman–Crippen MR) is 90.7 cm³/mol. The Morgan fingerprint density at radius 1 is 1.08 bits per heavy atom.